The predicted octanol–water partition coefficient (Wildman–Crippen LogP) is 2.75. The van der Waals surface area contributed by atoms with Gasteiger partial charge in [-0.05, 0) is 38.1 Å². The second kappa shape index (κ2) is 7.06. The highest BCUT2D eigenvalue weighted by Gasteiger charge is 2.31. The van der Waals surface area contributed by atoms with Crippen LogP contribution in [0.1, 0.15) is 31.3 Å². The van der Waals surface area contributed by atoms with Crippen LogP contribution in [0.3, 0.4) is 0 Å². The quantitative estimate of drug-likeness (QED) is 0.513. The van der Waals surface area contributed by atoms with E-state index in [2.05, 4.69) is 9.71 Å². The van der Waals surface area contributed by atoms with Crippen molar-refractivity contribution in [2.24, 2.45) is 0 Å². The van der Waals surface area contributed by atoms with E-state index in [1.54, 1.807) is 6.92 Å². The summed E-state index contributed by atoms with van der Waals surface area (Å²) in [5, 5.41) is 11.3. The molecular weight excluding hydrogens is 397 g/mol. The number of benzene rings is 1. The summed E-state index contributed by atoms with van der Waals surface area (Å²) in [6.45, 7) is 3.55. The monoisotopic (exact) mass is 414 g/mol. The minimum absolute atomic E-state index is 0.227. The Bertz CT molecular complexity index is 1130. The summed E-state index contributed by atoms with van der Waals surface area (Å²) < 4.78 is 68.4. The van der Waals surface area contributed by atoms with Gasteiger partial charge < -0.3 is 9.77 Å². The van der Waals surface area contributed by atoms with Gasteiger partial charge in [0, 0.05) is 12.6 Å². The molecular formula is C17H17F3N4O3S. The summed E-state index contributed by atoms with van der Waals surface area (Å²) in [7, 11) is -4.03. The van der Waals surface area contributed by atoms with Crippen molar-refractivity contribution in [1.82, 2.24) is 14.3 Å². The molecule has 0 radical (unpaired) electrons. The lowest BCUT2D eigenvalue weighted by molar-refractivity contribution is -0.607. The largest absolute Gasteiger partial charge is 0.619 e. The average Bonchev–Trinajstić information content (AvgIpc) is 2.98. The van der Waals surface area contributed by atoms with Crippen LogP contribution >= 0.6 is 0 Å². The molecule has 0 fully saturated rings. The van der Waals surface area contributed by atoms with E-state index in [1.165, 1.54) is 29.7 Å². The maximum Gasteiger partial charge on any atom is 0.416 e. The number of fused-ring (bicyclic) bond motifs is 1. The lowest BCUT2D eigenvalue weighted by atomic mass is 10.2. The molecule has 3 rings (SSSR count). The van der Waals surface area contributed by atoms with Gasteiger partial charge in [-0.2, -0.15) is 17.9 Å². The van der Waals surface area contributed by atoms with E-state index >= 15 is 0 Å². The molecule has 0 amide bonds. The Labute approximate surface area is 159 Å². The number of hydrogen-bond donors (Lipinski definition) is 1. The molecule has 1 atom stereocenters. The molecule has 3 aromatic rings. The highest BCUT2D eigenvalue weighted by molar-refractivity contribution is 7.89. The minimum Gasteiger partial charge on any atom is -0.619 e. The van der Waals surface area contributed by atoms with Crippen LogP contribution in [0.4, 0.5) is 13.2 Å². The van der Waals surface area contributed by atoms with Gasteiger partial charge >= 0.3 is 6.18 Å². The number of halogens is 3. The molecule has 2 aromatic heterocycles. The molecule has 28 heavy (non-hydrogen) atoms. The van der Waals surface area contributed by atoms with Gasteiger partial charge in [-0.1, -0.05) is 0 Å². The van der Waals surface area contributed by atoms with Gasteiger partial charge in [0.25, 0.3) is 0 Å². The molecule has 150 valence electrons. The van der Waals surface area contributed by atoms with Crippen LogP contribution in [0, 0.1) is 5.21 Å². The van der Waals surface area contributed by atoms with Crippen LogP contribution in [0.5, 0.6) is 0 Å². The van der Waals surface area contributed by atoms with Crippen molar-refractivity contribution in [2.45, 2.75) is 37.5 Å². The molecule has 0 unspecified atom stereocenters. The number of rotatable bonds is 5. The summed E-state index contributed by atoms with van der Waals surface area (Å²) in [4.78, 5) is 4.08. The van der Waals surface area contributed by atoms with E-state index < -0.39 is 27.8 Å². The van der Waals surface area contributed by atoms with E-state index in [0.717, 1.165) is 24.5 Å². The van der Waals surface area contributed by atoms with Gasteiger partial charge in [-0.15, -0.1) is 0 Å². The molecule has 0 spiro atoms. The molecule has 0 bridgehead atoms. The highest BCUT2D eigenvalue weighted by atomic mass is 32.2. The molecule has 0 aliphatic carbocycles. The second-order valence-electron chi connectivity index (χ2n) is 6.16. The summed E-state index contributed by atoms with van der Waals surface area (Å²) in [6, 6.07) is 4.91. The van der Waals surface area contributed by atoms with Gasteiger partial charge in [0.15, 0.2) is 12.4 Å². The van der Waals surface area contributed by atoms with E-state index in [1.807, 2.05) is 0 Å². The van der Waals surface area contributed by atoms with E-state index in [4.69, 9.17) is 0 Å². The number of alkyl halides is 3. The first-order valence-corrected chi connectivity index (χ1v) is 9.80. The minimum atomic E-state index is -4.49. The molecule has 0 saturated carbocycles. The fraction of sp³-hybridized carbons (Fsp3) is 0.294. The summed E-state index contributed by atoms with van der Waals surface area (Å²) >= 11 is 0. The number of pyridine rings is 1. The van der Waals surface area contributed by atoms with Crippen molar-refractivity contribution in [3.8, 4) is 0 Å². The van der Waals surface area contributed by atoms with Crippen LogP contribution in [-0.2, 0) is 22.7 Å². The number of nitrogens with one attached hydrogen (secondary N) is 1. The summed E-state index contributed by atoms with van der Waals surface area (Å²) in [5.41, 5.74) is -0.220. The van der Waals surface area contributed by atoms with Gasteiger partial charge in [-0.3, -0.25) is 0 Å². The van der Waals surface area contributed by atoms with Crippen LogP contribution in [0.2, 0.25) is 0 Å². The Morgan fingerprint density at radius 3 is 2.64 bits per heavy atom. The zero-order valence-corrected chi connectivity index (χ0v) is 15.8. The Morgan fingerprint density at radius 2 is 2.04 bits per heavy atom. The number of hydrogen-bond acceptors (Lipinski definition) is 4. The normalized spacial score (nSPS) is 13.8. The molecule has 1 aromatic carbocycles. The Morgan fingerprint density at radius 1 is 1.32 bits per heavy atom. The molecule has 0 aliphatic rings. The Balaban J connectivity index is 2.00. The van der Waals surface area contributed by atoms with Crippen molar-refractivity contribution in [3.05, 3.63) is 59.3 Å². The zero-order chi connectivity index (χ0) is 20.7. The number of aromatic nitrogens is 3. The molecule has 11 heteroatoms. The average molecular weight is 414 g/mol. The number of nitrogens with zero attached hydrogens (tertiary/aromatic N) is 3. The molecule has 0 saturated heterocycles. The maximum atomic E-state index is 13.0. The smallest absolute Gasteiger partial charge is 0.416 e. The van der Waals surface area contributed by atoms with Crippen LogP contribution < -0.4 is 9.45 Å². The van der Waals surface area contributed by atoms with Gasteiger partial charge in [0.05, 0.1) is 22.6 Å². The lowest BCUT2D eigenvalue weighted by Crippen LogP contribution is -2.32. The third-order valence-corrected chi connectivity index (χ3v) is 5.72. The summed E-state index contributed by atoms with van der Waals surface area (Å²) in [5.74, 6) is 0.270. The number of aryl methyl sites for hydroxylation is 1. The number of sulfonamides is 1. The first-order chi connectivity index (χ1) is 13.0. The second-order valence-corrected chi connectivity index (χ2v) is 7.87. The third-order valence-electron chi connectivity index (χ3n) is 4.20. The van der Waals surface area contributed by atoms with Gasteiger partial charge in [0.1, 0.15) is 10.7 Å². The highest BCUT2D eigenvalue weighted by Crippen LogP contribution is 2.32. The fourth-order valence-electron chi connectivity index (χ4n) is 2.93. The van der Waals surface area contributed by atoms with Crippen LogP contribution in [-0.4, -0.2) is 18.0 Å². The van der Waals surface area contributed by atoms with E-state index in [0.29, 0.717) is 16.8 Å². The van der Waals surface area contributed by atoms with E-state index in [-0.39, 0.29) is 16.2 Å². The fourth-order valence-corrected chi connectivity index (χ4v) is 4.13. The third kappa shape index (κ3) is 3.80. The molecule has 2 heterocycles. The Kier molecular flexibility index (Phi) is 5.06. The SMILES string of the molecule is CCn1c([C@@H](C)NS(=O)(=O)c2ccc[n+]([O-])c2)nc2ccc(C(F)(F)F)cc21. The van der Waals surface area contributed by atoms with Crippen molar-refractivity contribution >= 4 is 21.1 Å². The zero-order valence-electron chi connectivity index (χ0n) is 14.9. The predicted molar refractivity (Wildman–Crippen MR) is 94.5 cm³/mol. The number of imidazole rings is 1. The summed E-state index contributed by atoms with van der Waals surface area (Å²) in [6.07, 6.45) is -2.43. The molecule has 1 N–H and O–H groups in total. The molecule has 7 nitrogen and oxygen atoms in total. The molecule has 0 aliphatic heterocycles. The van der Waals surface area contributed by atoms with Crippen molar-refractivity contribution < 1.29 is 26.3 Å². The Hall–Kier alpha value is -2.66. The van der Waals surface area contributed by atoms with Gasteiger partial charge in [0.2, 0.25) is 10.0 Å². The van der Waals surface area contributed by atoms with Gasteiger partial charge in [-0.25, -0.2) is 18.1 Å². The standard InChI is InChI=1S/C17H17F3N4O3S/c1-3-24-15-9-12(17(18,19)20)6-7-14(15)21-16(24)11(2)22-28(26,27)13-5-4-8-23(25)10-13/h4-11,22H,3H2,1-2H3/t11-/m1/s1. The maximum absolute atomic E-state index is 13.0. The first-order valence-electron chi connectivity index (χ1n) is 8.31. The van der Waals surface area contributed by atoms with E-state index in [9.17, 15) is 26.8 Å². The lowest BCUT2D eigenvalue weighted by Gasteiger charge is -2.15. The topological polar surface area (TPSA) is 90.9 Å². The van der Waals surface area contributed by atoms with Crippen molar-refractivity contribution in [3.63, 3.8) is 0 Å². The van der Waals surface area contributed by atoms with Crippen LogP contribution in [0.15, 0.2) is 47.6 Å². The van der Waals surface area contributed by atoms with Crippen molar-refractivity contribution in [1.29, 1.82) is 0 Å². The first kappa shape index (κ1) is 20.1. The van der Waals surface area contributed by atoms with Crippen LogP contribution in [0.25, 0.3) is 11.0 Å². The van der Waals surface area contributed by atoms with Crippen molar-refractivity contribution in [2.75, 3.05) is 0 Å².